The predicted molar refractivity (Wildman–Crippen MR) is 82.1 cm³/mol. The highest BCUT2D eigenvalue weighted by atomic mass is 32.2. The van der Waals surface area contributed by atoms with E-state index >= 15 is 0 Å². The van der Waals surface area contributed by atoms with Crippen LogP contribution >= 0.6 is 0 Å². The van der Waals surface area contributed by atoms with Gasteiger partial charge in [0.15, 0.2) is 5.65 Å². The fourth-order valence-corrected chi connectivity index (χ4v) is 2.61. The summed E-state index contributed by atoms with van der Waals surface area (Å²) in [6, 6.07) is 4.95. The van der Waals surface area contributed by atoms with E-state index < -0.39 is 10.0 Å². The minimum absolute atomic E-state index is 0.416. The summed E-state index contributed by atoms with van der Waals surface area (Å²) in [5, 5.41) is 0. The second-order valence-corrected chi connectivity index (χ2v) is 6.38. The first-order chi connectivity index (χ1) is 10.5. The van der Waals surface area contributed by atoms with Crippen molar-refractivity contribution < 1.29 is 13.2 Å². The normalized spacial score (nSPS) is 11.5. The Kier molecular flexibility index (Phi) is 3.41. The summed E-state index contributed by atoms with van der Waals surface area (Å²) in [6.07, 6.45) is 4.14. The third kappa shape index (κ3) is 2.84. The lowest BCUT2D eigenvalue weighted by atomic mass is 10.1. The Morgan fingerprint density at radius 1 is 1.32 bits per heavy atom. The Morgan fingerprint density at radius 3 is 2.82 bits per heavy atom. The van der Waals surface area contributed by atoms with Crippen LogP contribution in [0.4, 0.5) is 5.69 Å². The number of rotatable bonds is 4. The summed E-state index contributed by atoms with van der Waals surface area (Å²) in [5.41, 5.74) is 2.36. The highest BCUT2D eigenvalue weighted by molar-refractivity contribution is 7.92. The zero-order chi connectivity index (χ0) is 15.7. The molecule has 3 rings (SSSR count). The molecule has 2 aromatic heterocycles. The van der Waals surface area contributed by atoms with Gasteiger partial charge in [-0.3, -0.25) is 4.72 Å². The molecule has 8 nitrogen and oxygen atoms in total. The van der Waals surface area contributed by atoms with Crippen LogP contribution in [0.2, 0.25) is 0 Å². The van der Waals surface area contributed by atoms with E-state index in [1.165, 1.54) is 13.4 Å². The van der Waals surface area contributed by atoms with E-state index in [0.717, 1.165) is 6.26 Å². The third-order valence-corrected chi connectivity index (χ3v) is 3.53. The van der Waals surface area contributed by atoms with E-state index in [1.54, 1.807) is 24.4 Å². The van der Waals surface area contributed by atoms with Gasteiger partial charge in [-0.05, 0) is 12.1 Å². The van der Waals surface area contributed by atoms with E-state index in [9.17, 15) is 8.42 Å². The van der Waals surface area contributed by atoms with Crippen molar-refractivity contribution in [1.82, 2.24) is 19.9 Å². The lowest BCUT2D eigenvalue weighted by Gasteiger charge is -2.09. The maximum atomic E-state index is 11.3. The fraction of sp³-hybridized carbons (Fsp3) is 0.154. The number of anilines is 1. The smallest absolute Gasteiger partial charge is 0.229 e. The van der Waals surface area contributed by atoms with E-state index in [2.05, 4.69) is 24.7 Å². The van der Waals surface area contributed by atoms with Gasteiger partial charge in [-0.1, -0.05) is 0 Å². The number of H-pyrrole nitrogens is 1. The number of aromatic amines is 1. The van der Waals surface area contributed by atoms with Gasteiger partial charge in [-0.2, -0.15) is 0 Å². The number of benzene rings is 1. The largest absolute Gasteiger partial charge is 0.496 e. The number of imidazole rings is 1. The van der Waals surface area contributed by atoms with Gasteiger partial charge in [0.25, 0.3) is 0 Å². The molecule has 2 N–H and O–H groups in total. The molecule has 3 aromatic rings. The summed E-state index contributed by atoms with van der Waals surface area (Å²) < 4.78 is 30.3. The molecule has 0 aliphatic rings. The molecule has 0 saturated carbocycles. The van der Waals surface area contributed by atoms with Gasteiger partial charge in [-0.25, -0.2) is 23.4 Å². The number of fused-ring (bicyclic) bond motifs is 1. The number of methoxy groups -OCH3 is 1. The number of nitrogens with one attached hydrogen (secondary N) is 2. The molecule has 9 heteroatoms. The van der Waals surface area contributed by atoms with Crippen molar-refractivity contribution in [3.8, 4) is 17.1 Å². The average molecular weight is 319 g/mol. The van der Waals surface area contributed by atoms with Crippen LogP contribution in [-0.2, 0) is 10.0 Å². The molecule has 114 valence electrons. The average Bonchev–Trinajstić information content (AvgIpc) is 2.89. The van der Waals surface area contributed by atoms with Crippen LogP contribution in [0.1, 0.15) is 0 Å². The number of hydrogen-bond donors (Lipinski definition) is 2. The first kappa shape index (κ1) is 14.3. The molecule has 0 amide bonds. The third-order valence-electron chi connectivity index (χ3n) is 2.92. The van der Waals surface area contributed by atoms with Crippen LogP contribution in [0, 0.1) is 0 Å². The number of sulfonamides is 1. The van der Waals surface area contributed by atoms with Crippen molar-refractivity contribution in [1.29, 1.82) is 0 Å². The van der Waals surface area contributed by atoms with Crippen molar-refractivity contribution in [2.45, 2.75) is 0 Å². The van der Waals surface area contributed by atoms with Crippen LogP contribution in [-0.4, -0.2) is 41.7 Å². The summed E-state index contributed by atoms with van der Waals surface area (Å²) in [7, 11) is -1.84. The number of ether oxygens (including phenoxy) is 1. The van der Waals surface area contributed by atoms with Crippen LogP contribution in [0.15, 0.2) is 30.7 Å². The van der Waals surface area contributed by atoms with Crippen LogP contribution in [0.25, 0.3) is 22.6 Å². The van der Waals surface area contributed by atoms with Crippen molar-refractivity contribution >= 4 is 26.9 Å². The van der Waals surface area contributed by atoms with Crippen molar-refractivity contribution in [3.63, 3.8) is 0 Å². The molecule has 0 radical (unpaired) electrons. The van der Waals surface area contributed by atoms with Crippen molar-refractivity contribution in [3.05, 3.63) is 30.7 Å². The lowest BCUT2D eigenvalue weighted by molar-refractivity contribution is 0.416. The first-order valence-corrected chi connectivity index (χ1v) is 8.17. The van der Waals surface area contributed by atoms with Gasteiger partial charge >= 0.3 is 0 Å². The molecule has 0 fully saturated rings. The molecule has 0 saturated heterocycles. The molecule has 2 heterocycles. The molecule has 22 heavy (non-hydrogen) atoms. The van der Waals surface area contributed by atoms with Crippen molar-refractivity contribution in [2.75, 3.05) is 18.1 Å². The minimum atomic E-state index is -3.35. The van der Waals surface area contributed by atoms with Crippen molar-refractivity contribution in [2.24, 2.45) is 0 Å². The number of aromatic nitrogens is 4. The molecule has 0 spiro atoms. The Morgan fingerprint density at radius 2 is 2.14 bits per heavy atom. The standard InChI is InChI=1S/C13H13N5O3S/c1-21-11-5-8(18-22(2,19)20)3-4-9(11)12-16-10-6-14-7-15-13(10)17-12/h3-7,18H,1-2H3,(H,14,15,16,17). The number of nitrogens with zero attached hydrogens (tertiary/aromatic N) is 3. The molecule has 0 unspecified atom stereocenters. The van der Waals surface area contributed by atoms with Crippen LogP contribution in [0.3, 0.4) is 0 Å². The number of hydrogen-bond acceptors (Lipinski definition) is 6. The predicted octanol–water partition coefficient (Wildman–Crippen LogP) is 1.40. The summed E-state index contributed by atoms with van der Waals surface area (Å²) >= 11 is 0. The van der Waals surface area contributed by atoms with Crippen LogP contribution < -0.4 is 9.46 Å². The zero-order valence-corrected chi connectivity index (χ0v) is 12.7. The Balaban J connectivity index is 2.06. The molecule has 0 atom stereocenters. The molecule has 1 aromatic carbocycles. The second kappa shape index (κ2) is 5.26. The van der Waals surface area contributed by atoms with E-state index in [1.807, 2.05) is 0 Å². The van der Waals surface area contributed by atoms with Gasteiger partial charge < -0.3 is 9.72 Å². The Bertz CT molecular complexity index is 903. The maximum Gasteiger partial charge on any atom is 0.229 e. The van der Waals surface area contributed by atoms with Gasteiger partial charge in [0.2, 0.25) is 10.0 Å². The first-order valence-electron chi connectivity index (χ1n) is 6.28. The Hall–Kier alpha value is -2.68. The highest BCUT2D eigenvalue weighted by Crippen LogP contribution is 2.31. The minimum Gasteiger partial charge on any atom is -0.496 e. The van der Waals surface area contributed by atoms with Crippen LogP contribution in [0.5, 0.6) is 5.75 Å². The lowest BCUT2D eigenvalue weighted by Crippen LogP contribution is -2.09. The maximum absolute atomic E-state index is 11.3. The van der Waals surface area contributed by atoms with Gasteiger partial charge in [0, 0.05) is 6.07 Å². The SMILES string of the molecule is COc1cc(NS(C)(=O)=O)ccc1-c1nc2ncncc2[nH]1. The van der Waals surface area contributed by atoms with E-state index in [0.29, 0.717) is 34.0 Å². The summed E-state index contributed by atoms with van der Waals surface area (Å²) in [4.78, 5) is 15.5. The van der Waals surface area contributed by atoms with Gasteiger partial charge in [0.05, 0.1) is 30.8 Å². The highest BCUT2D eigenvalue weighted by Gasteiger charge is 2.13. The van der Waals surface area contributed by atoms with Gasteiger partial charge in [-0.15, -0.1) is 0 Å². The molecule has 0 aliphatic carbocycles. The zero-order valence-electron chi connectivity index (χ0n) is 11.9. The second-order valence-electron chi connectivity index (χ2n) is 4.63. The quantitative estimate of drug-likeness (QED) is 0.752. The molecular formula is C13H13N5O3S. The molecular weight excluding hydrogens is 306 g/mol. The molecule has 0 aliphatic heterocycles. The topological polar surface area (TPSA) is 110 Å². The summed E-state index contributed by atoms with van der Waals surface area (Å²) in [6.45, 7) is 0. The summed E-state index contributed by atoms with van der Waals surface area (Å²) in [5.74, 6) is 1.05. The molecule has 0 bridgehead atoms. The van der Waals surface area contributed by atoms with E-state index in [4.69, 9.17) is 4.74 Å². The monoisotopic (exact) mass is 319 g/mol. The van der Waals surface area contributed by atoms with Gasteiger partial charge in [0.1, 0.15) is 23.4 Å². The van der Waals surface area contributed by atoms with E-state index in [-0.39, 0.29) is 0 Å². The Labute approximate surface area is 126 Å². The fourth-order valence-electron chi connectivity index (χ4n) is 2.05.